The molecule has 1 nitrogen and oxygen atoms in total. The maximum absolute atomic E-state index is 6.12. The second-order valence-corrected chi connectivity index (χ2v) is 5.89. The molecule has 2 rings (SSSR count). The predicted molar refractivity (Wildman–Crippen MR) is 80.5 cm³/mol. The fourth-order valence-corrected chi connectivity index (χ4v) is 2.76. The van der Waals surface area contributed by atoms with Gasteiger partial charge in [-0.3, -0.25) is 0 Å². The van der Waals surface area contributed by atoms with E-state index in [2.05, 4.69) is 41.2 Å². The first-order valence-electron chi connectivity index (χ1n) is 6.14. The van der Waals surface area contributed by atoms with Gasteiger partial charge in [0.25, 0.3) is 0 Å². The Morgan fingerprint density at radius 2 is 2.11 bits per heavy atom. The molecule has 0 aliphatic carbocycles. The van der Waals surface area contributed by atoms with Crippen LogP contribution in [0.3, 0.4) is 0 Å². The van der Waals surface area contributed by atoms with Crippen LogP contribution in [-0.2, 0) is 13.0 Å². The Bertz CT molecular complexity index is 493. The van der Waals surface area contributed by atoms with Crippen LogP contribution >= 0.6 is 22.9 Å². The quantitative estimate of drug-likeness (QED) is 0.854. The van der Waals surface area contributed by atoms with Crippen molar-refractivity contribution in [3.05, 3.63) is 56.7 Å². The summed E-state index contributed by atoms with van der Waals surface area (Å²) in [7, 11) is 0. The molecule has 0 aliphatic rings. The molecular weight excluding hydrogens is 262 g/mol. The molecule has 0 radical (unpaired) electrons. The lowest BCUT2D eigenvalue weighted by Crippen LogP contribution is -2.27. The lowest BCUT2D eigenvalue weighted by molar-refractivity contribution is 0.546. The molecule has 0 fully saturated rings. The van der Waals surface area contributed by atoms with E-state index in [9.17, 15) is 0 Å². The molecule has 0 bridgehead atoms. The van der Waals surface area contributed by atoms with Crippen molar-refractivity contribution in [2.45, 2.75) is 32.9 Å². The van der Waals surface area contributed by atoms with Gasteiger partial charge in [-0.2, -0.15) is 11.3 Å². The summed E-state index contributed by atoms with van der Waals surface area (Å²) in [6.45, 7) is 5.11. The van der Waals surface area contributed by atoms with Gasteiger partial charge in [0.1, 0.15) is 0 Å². The first-order chi connectivity index (χ1) is 8.65. The van der Waals surface area contributed by atoms with Crippen molar-refractivity contribution in [2.24, 2.45) is 0 Å². The molecule has 1 aromatic carbocycles. The van der Waals surface area contributed by atoms with Gasteiger partial charge in [0.05, 0.1) is 0 Å². The lowest BCUT2D eigenvalue weighted by atomic mass is 10.1. The van der Waals surface area contributed by atoms with Crippen molar-refractivity contribution in [3.63, 3.8) is 0 Å². The molecule has 2 aromatic rings. The second-order valence-electron chi connectivity index (χ2n) is 4.70. The zero-order chi connectivity index (χ0) is 13.0. The summed E-state index contributed by atoms with van der Waals surface area (Å²) in [5.41, 5.74) is 3.77. The molecule has 1 unspecified atom stereocenters. The van der Waals surface area contributed by atoms with Crippen LogP contribution in [0, 0.1) is 6.92 Å². The molecular formula is C15H18ClNS. The molecule has 1 aromatic heterocycles. The normalized spacial score (nSPS) is 12.6. The molecule has 96 valence electrons. The van der Waals surface area contributed by atoms with Crippen LogP contribution in [0.5, 0.6) is 0 Å². The first-order valence-corrected chi connectivity index (χ1v) is 7.46. The smallest absolute Gasteiger partial charge is 0.0438 e. The molecule has 3 heteroatoms. The van der Waals surface area contributed by atoms with Crippen molar-refractivity contribution in [1.82, 2.24) is 5.32 Å². The molecule has 18 heavy (non-hydrogen) atoms. The third kappa shape index (κ3) is 3.84. The summed E-state index contributed by atoms with van der Waals surface area (Å²) in [5.74, 6) is 0. The summed E-state index contributed by atoms with van der Waals surface area (Å²) in [6.07, 6.45) is 1.07. The first kappa shape index (κ1) is 13.6. The number of thiophene rings is 1. The number of nitrogens with one attached hydrogen (secondary N) is 1. The zero-order valence-corrected chi connectivity index (χ0v) is 12.3. The van der Waals surface area contributed by atoms with Crippen LogP contribution in [0.2, 0.25) is 5.02 Å². The minimum Gasteiger partial charge on any atom is -0.310 e. The standard InChI is InChI=1S/C15H18ClNS/c1-11-3-4-13(8-15(11)16)9-17-12(2)7-14-5-6-18-10-14/h3-6,8,10,12,17H,7,9H2,1-2H3. The Balaban J connectivity index is 1.85. The molecule has 1 heterocycles. The maximum atomic E-state index is 6.12. The Morgan fingerprint density at radius 3 is 2.78 bits per heavy atom. The summed E-state index contributed by atoms with van der Waals surface area (Å²) in [4.78, 5) is 0. The van der Waals surface area contributed by atoms with E-state index in [0.717, 1.165) is 23.6 Å². The lowest BCUT2D eigenvalue weighted by Gasteiger charge is -2.13. The SMILES string of the molecule is Cc1ccc(CNC(C)Cc2ccsc2)cc1Cl. The van der Waals surface area contributed by atoms with Crippen LogP contribution in [0.4, 0.5) is 0 Å². The van der Waals surface area contributed by atoms with E-state index in [1.54, 1.807) is 11.3 Å². The molecule has 1 N–H and O–H groups in total. The van der Waals surface area contributed by atoms with E-state index in [1.807, 2.05) is 13.0 Å². The van der Waals surface area contributed by atoms with Gasteiger partial charge < -0.3 is 5.32 Å². The maximum Gasteiger partial charge on any atom is 0.0438 e. The Morgan fingerprint density at radius 1 is 1.28 bits per heavy atom. The highest BCUT2D eigenvalue weighted by atomic mass is 35.5. The number of benzene rings is 1. The van der Waals surface area contributed by atoms with Crippen molar-refractivity contribution in [2.75, 3.05) is 0 Å². The van der Waals surface area contributed by atoms with E-state index >= 15 is 0 Å². The van der Waals surface area contributed by atoms with Crippen molar-refractivity contribution >= 4 is 22.9 Å². The molecule has 1 atom stereocenters. The van der Waals surface area contributed by atoms with Crippen LogP contribution in [0.25, 0.3) is 0 Å². The highest BCUT2D eigenvalue weighted by Crippen LogP contribution is 2.16. The largest absolute Gasteiger partial charge is 0.310 e. The van der Waals surface area contributed by atoms with Gasteiger partial charge in [-0.15, -0.1) is 0 Å². The van der Waals surface area contributed by atoms with Gasteiger partial charge in [-0.25, -0.2) is 0 Å². The number of aryl methyl sites for hydroxylation is 1. The van der Waals surface area contributed by atoms with Crippen molar-refractivity contribution in [1.29, 1.82) is 0 Å². The third-order valence-electron chi connectivity index (χ3n) is 3.01. The van der Waals surface area contributed by atoms with Gasteiger partial charge in [-0.1, -0.05) is 23.7 Å². The zero-order valence-electron chi connectivity index (χ0n) is 10.7. The fraction of sp³-hybridized carbons (Fsp3) is 0.333. The van der Waals surface area contributed by atoms with Crippen LogP contribution in [0.15, 0.2) is 35.0 Å². The average molecular weight is 280 g/mol. The average Bonchev–Trinajstić information content (AvgIpc) is 2.83. The Kier molecular flexibility index (Phi) is 4.81. The minimum absolute atomic E-state index is 0.472. The van der Waals surface area contributed by atoms with Crippen LogP contribution in [0.1, 0.15) is 23.6 Å². The van der Waals surface area contributed by atoms with E-state index in [-0.39, 0.29) is 0 Å². The molecule has 0 amide bonds. The van der Waals surface area contributed by atoms with E-state index in [1.165, 1.54) is 11.1 Å². The number of halogens is 1. The van der Waals surface area contributed by atoms with E-state index < -0.39 is 0 Å². The third-order valence-corrected chi connectivity index (χ3v) is 4.15. The van der Waals surface area contributed by atoms with Crippen LogP contribution in [-0.4, -0.2) is 6.04 Å². The number of hydrogen-bond acceptors (Lipinski definition) is 2. The molecule has 0 aliphatic heterocycles. The highest BCUT2D eigenvalue weighted by molar-refractivity contribution is 7.07. The summed E-state index contributed by atoms with van der Waals surface area (Å²) >= 11 is 7.87. The number of rotatable bonds is 5. The number of hydrogen-bond donors (Lipinski definition) is 1. The summed E-state index contributed by atoms with van der Waals surface area (Å²) in [5, 5.41) is 8.71. The van der Waals surface area contributed by atoms with Gasteiger partial charge in [0, 0.05) is 17.6 Å². The van der Waals surface area contributed by atoms with Crippen molar-refractivity contribution < 1.29 is 0 Å². The monoisotopic (exact) mass is 279 g/mol. The minimum atomic E-state index is 0.472. The van der Waals surface area contributed by atoms with Crippen molar-refractivity contribution in [3.8, 4) is 0 Å². The van der Waals surface area contributed by atoms with Gasteiger partial charge in [-0.05, 0) is 59.9 Å². The summed E-state index contributed by atoms with van der Waals surface area (Å²) in [6, 6.07) is 8.90. The molecule has 0 saturated heterocycles. The van der Waals surface area contributed by atoms with Gasteiger partial charge >= 0.3 is 0 Å². The second kappa shape index (κ2) is 6.37. The topological polar surface area (TPSA) is 12.0 Å². The Labute approximate surface area is 118 Å². The van der Waals surface area contributed by atoms with Crippen LogP contribution < -0.4 is 5.32 Å². The Hall–Kier alpha value is -0.830. The highest BCUT2D eigenvalue weighted by Gasteiger charge is 2.04. The van der Waals surface area contributed by atoms with Gasteiger partial charge in [0.15, 0.2) is 0 Å². The summed E-state index contributed by atoms with van der Waals surface area (Å²) < 4.78 is 0. The molecule has 0 spiro atoms. The fourth-order valence-electron chi connectivity index (χ4n) is 1.87. The van der Waals surface area contributed by atoms with Gasteiger partial charge in [0.2, 0.25) is 0 Å². The predicted octanol–water partition coefficient (Wildman–Crippen LogP) is 4.43. The van der Waals surface area contributed by atoms with E-state index in [4.69, 9.17) is 11.6 Å². The van der Waals surface area contributed by atoms with E-state index in [0.29, 0.717) is 6.04 Å². The molecule has 0 saturated carbocycles.